The zero-order valence-electron chi connectivity index (χ0n) is 15.7. The van der Waals surface area contributed by atoms with E-state index >= 15 is 0 Å². The van der Waals surface area contributed by atoms with Gasteiger partial charge < -0.3 is 19.8 Å². The minimum atomic E-state index is -0.213. The first kappa shape index (κ1) is 18.5. The van der Waals surface area contributed by atoms with E-state index in [2.05, 4.69) is 15.0 Å². The lowest BCUT2D eigenvalue weighted by atomic mass is 10.1. The highest BCUT2D eigenvalue weighted by Crippen LogP contribution is 2.25. The van der Waals surface area contributed by atoms with Gasteiger partial charge in [0.2, 0.25) is 5.78 Å². The molecule has 0 amide bonds. The summed E-state index contributed by atoms with van der Waals surface area (Å²) < 4.78 is 13.5. The zero-order valence-corrected chi connectivity index (χ0v) is 15.7. The number of carbonyl (C=O) groups excluding carboxylic acids is 1. The van der Waals surface area contributed by atoms with Crippen LogP contribution in [0.4, 0.5) is 5.69 Å². The van der Waals surface area contributed by atoms with Crippen LogP contribution in [0.3, 0.4) is 0 Å². The van der Waals surface area contributed by atoms with Gasteiger partial charge in [-0.3, -0.25) is 9.78 Å². The summed E-state index contributed by atoms with van der Waals surface area (Å²) in [5.74, 6) is -0.213. The molecule has 0 radical (unpaired) electrons. The Hall–Kier alpha value is -2.84. The van der Waals surface area contributed by atoms with Crippen molar-refractivity contribution in [2.45, 2.75) is 38.5 Å². The van der Waals surface area contributed by atoms with Crippen LogP contribution in [0.15, 0.2) is 37.1 Å². The van der Waals surface area contributed by atoms with Gasteiger partial charge in [-0.2, -0.15) is 0 Å². The Morgan fingerprint density at radius 3 is 3.11 bits per heavy atom. The Bertz CT molecular complexity index is 981. The van der Waals surface area contributed by atoms with E-state index < -0.39 is 0 Å². The van der Waals surface area contributed by atoms with Crippen LogP contribution in [-0.2, 0) is 9.47 Å². The number of rotatable bonds is 6. The average molecular weight is 381 g/mol. The molecule has 2 N–H and O–H groups in total. The lowest BCUT2D eigenvalue weighted by Gasteiger charge is -2.24. The zero-order chi connectivity index (χ0) is 19.5. The third-order valence-electron chi connectivity index (χ3n) is 4.89. The minimum Gasteiger partial charge on any atom is -0.399 e. The first-order valence-electron chi connectivity index (χ1n) is 9.43. The maximum atomic E-state index is 13.0. The molecular weight excluding hydrogens is 358 g/mol. The molecule has 1 fully saturated rings. The normalized spacial score (nSPS) is 18.2. The molecule has 2 atom stereocenters. The van der Waals surface area contributed by atoms with Gasteiger partial charge in [0.05, 0.1) is 18.2 Å². The highest BCUT2D eigenvalue weighted by molar-refractivity contribution is 6.15. The SMILES string of the molecule is CC(COC1CCCCO1)n1cc(C(=O)c2cc(N)ccn2)c2cncnc21. The molecule has 0 aromatic carbocycles. The standard InChI is InChI=1S/C20H23N5O3/c1-13(11-28-18-4-2-3-7-27-18)25-10-16(15-9-22-12-24-20(15)25)19(26)17-8-14(21)5-6-23-17/h5-6,8-10,12-13,18H,2-4,7,11H2,1H3,(H2,21,23). The fraction of sp³-hybridized carbons (Fsp3) is 0.400. The second-order valence-corrected chi connectivity index (χ2v) is 6.99. The molecule has 0 aliphatic carbocycles. The molecule has 4 heterocycles. The maximum absolute atomic E-state index is 13.0. The highest BCUT2D eigenvalue weighted by Gasteiger charge is 2.22. The van der Waals surface area contributed by atoms with Crippen molar-refractivity contribution in [2.75, 3.05) is 18.9 Å². The number of nitrogen functional groups attached to an aromatic ring is 1. The van der Waals surface area contributed by atoms with Crippen molar-refractivity contribution >= 4 is 22.5 Å². The molecule has 4 rings (SSSR count). The van der Waals surface area contributed by atoms with Crippen molar-refractivity contribution < 1.29 is 14.3 Å². The summed E-state index contributed by atoms with van der Waals surface area (Å²) in [6.45, 7) is 3.23. The van der Waals surface area contributed by atoms with Crippen LogP contribution in [0.25, 0.3) is 11.0 Å². The van der Waals surface area contributed by atoms with Crippen LogP contribution < -0.4 is 5.73 Å². The molecule has 1 saturated heterocycles. The minimum absolute atomic E-state index is 0.0294. The van der Waals surface area contributed by atoms with Crippen LogP contribution in [0.5, 0.6) is 0 Å². The van der Waals surface area contributed by atoms with Crippen molar-refractivity contribution in [3.05, 3.63) is 48.3 Å². The van der Waals surface area contributed by atoms with Crippen LogP contribution in [0.1, 0.15) is 48.3 Å². The summed E-state index contributed by atoms with van der Waals surface area (Å²) in [6, 6.07) is 3.19. The van der Waals surface area contributed by atoms with Gasteiger partial charge in [0.1, 0.15) is 17.7 Å². The molecule has 146 valence electrons. The maximum Gasteiger partial charge on any atom is 0.213 e. The number of ether oxygens (including phenoxy) is 2. The van der Waals surface area contributed by atoms with E-state index in [1.54, 1.807) is 24.5 Å². The fourth-order valence-electron chi connectivity index (χ4n) is 3.38. The number of hydrogen-bond acceptors (Lipinski definition) is 7. The molecule has 1 aliphatic rings. The van der Waals surface area contributed by atoms with Crippen LogP contribution in [0.2, 0.25) is 0 Å². The second kappa shape index (κ2) is 8.04. The van der Waals surface area contributed by atoms with E-state index in [-0.39, 0.29) is 18.1 Å². The van der Waals surface area contributed by atoms with Crippen molar-refractivity contribution in [2.24, 2.45) is 0 Å². The Labute approximate surface area is 162 Å². The van der Waals surface area contributed by atoms with Crippen LogP contribution in [-0.4, -0.2) is 44.8 Å². The molecule has 0 bridgehead atoms. The highest BCUT2D eigenvalue weighted by atomic mass is 16.7. The number of ketones is 1. The topological polar surface area (TPSA) is 105 Å². The number of hydrogen-bond donors (Lipinski definition) is 1. The Morgan fingerprint density at radius 2 is 2.32 bits per heavy atom. The number of fused-ring (bicyclic) bond motifs is 1. The molecular formula is C20H23N5O3. The largest absolute Gasteiger partial charge is 0.399 e. The van der Waals surface area contributed by atoms with Gasteiger partial charge in [-0.1, -0.05) is 0 Å². The molecule has 8 nitrogen and oxygen atoms in total. The van der Waals surface area contributed by atoms with E-state index in [1.807, 2.05) is 11.5 Å². The van der Waals surface area contributed by atoms with Crippen molar-refractivity contribution in [1.29, 1.82) is 0 Å². The quantitative estimate of drug-likeness (QED) is 0.655. The summed E-state index contributed by atoms with van der Waals surface area (Å²) in [5, 5.41) is 0.678. The predicted octanol–water partition coefficient (Wildman–Crippen LogP) is 2.74. The smallest absolute Gasteiger partial charge is 0.213 e. The molecule has 8 heteroatoms. The Balaban J connectivity index is 1.61. The lowest BCUT2D eigenvalue weighted by Crippen LogP contribution is -2.25. The molecule has 0 spiro atoms. The molecule has 3 aromatic heterocycles. The van der Waals surface area contributed by atoms with E-state index in [1.165, 1.54) is 12.5 Å². The van der Waals surface area contributed by atoms with Crippen molar-refractivity contribution in [3.63, 3.8) is 0 Å². The summed E-state index contributed by atoms with van der Waals surface area (Å²) in [7, 11) is 0. The number of anilines is 1. The number of pyridine rings is 1. The molecule has 2 unspecified atom stereocenters. The van der Waals surface area contributed by atoms with E-state index in [4.69, 9.17) is 15.2 Å². The van der Waals surface area contributed by atoms with Gasteiger partial charge in [-0.05, 0) is 38.3 Å². The third kappa shape index (κ3) is 3.74. The van der Waals surface area contributed by atoms with Gasteiger partial charge in [-0.25, -0.2) is 9.97 Å². The van der Waals surface area contributed by atoms with Crippen LogP contribution in [0, 0.1) is 0 Å². The van der Waals surface area contributed by atoms with Crippen molar-refractivity contribution in [3.8, 4) is 0 Å². The predicted molar refractivity (Wildman–Crippen MR) is 104 cm³/mol. The first-order chi connectivity index (χ1) is 13.6. The average Bonchev–Trinajstić information content (AvgIpc) is 3.12. The summed E-state index contributed by atoms with van der Waals surface area (Å²) in [6.07, 6.45) is 9.39. The number of carbonyl (C=O) groups is 1. The first-order valence-corrected chi connectivity index (χ1v) is 9.43. The van der Waals surface area contributed by atoms with Gasteiger partial charge in [0.25, 0.3) is 0 Å². The van der Waals surface area contributed by atoms with Crippen LogP contribution >= 0.6 is 0 Å². The molecule has 28 heavy (non-hydrogen) atoms. The third-order valence-corrected chi connectivity index (χ3v) is 4.89. The van der Waals surface area contributed by atoms with Crippen molar-refractivity contribution in [1.82, 2.24) is 19.5 Å². The molecule has 1 aliphatic heterocycles. The van der Waals surface area contributed by atoms with E-state index in [9.17, 15) is 4.79 Å². The lowest BCUT2D eigenvalue weighted by molar-refractivity contribution is -0.166. The Morgan fingerprint density at radius 1 is 1.43 bits per heavy atom. The summed E-state index contributed by atoms with van der Waals surface area (Å²) >= 11 is 0. The molecule has 0 saturated carbocycles. The van der Waals surface area contributed by atoms with Gasteiger partial charge in [0, 0.05) is 36.3 Å². The van der Waals surface area contributed by atoms with Gasteiger partial charge in [0.15, 0.2) is 6.29 Å². The van der Waals surface area contributed by atoms with Gasteiger partial charge in [-0.15, -0.1) is 0 Å². The summed E-state index contributed by atoms with van der Waals surface area (Å²) in [4.78, 5) is 25.6. The monoisotopic (exact) mass is 381 g/mol. The number of aromatic nitrogens is 4. The van der Waals surface area contributed by atoms with E-state index in [0.29, 0.717) is 34.6 Å². The number of nitrogens with zero attached hydrogens (tertiary/aromatic N) is 4. The van der Waals surface area contributed by atoms with E-state index in [0.717, 1.165) is 25.9 Å². The fourth-order valence-corrected chi connectivity index (χ4v) is 3.38. The second-order valence-electron chi connectivity index (χ2n) is 6.99. The molecule has 3 aromatic rings. The summed E-state index contributed by atoms with van der Waals surface area (Å²) in [5.41, 5.74) is 7.77. The number of nitrogens with two attached hydrogens (primary N) is 1. The van der Waals surface area contributed by atoms with Gasteiger partial charge >= 0.3 is 0 Å². The Kier molecular flexibility index (Phi) is 5.31.